The Balaban J connectivity index is 2.92. The zero-order valence-corrected chi connectivity index (χ0v) is 9.24. The van der Waals surface area contributed by atoms with E-state index in [-0.39, 0.29) is 0 Å². The van der Waals surface area contributed by atoms with Gasteiger partial charge in [-0.2, -0.15) is 0 Å². The molecule has 0 saturated carbocycles. The topological polar surface area (TPSA) is 18.5 Å². The van der Waals surface area contributed by atoms with Crippen LogP contribution in [-0.2, 0) is 0 Å². The fraction of sp³-hybridized carbons (Fsp3) is 0.250. The van der Waals surface area contributed by atoms with Gasteiger partial charge in [-0.25, -0.2) is 0 Å². The molecule has 0 saturated heterocycles. The summed E-state index contributed by atoms with van der Waals surface area (Å²) in [6, 6.07) is 5.09. The lowest BCUT2D eigenvalue weighted by Gasteiger charge is -2.23. The van der Waals surface area contributed by atoms with Crippen LogP contribution in [0.2, 0.25) is 0 Å². The monoisotopic (exact) mass is 246 g/mol. The van der Waals surface area contributed by atoms with Crippen LogP contribution in [0.25, 0.3) is 0 Å². The van der Waals surface area contributed by atoms with Gasteiger partial charge in [-0.1, -0.05) is 15.9 Å². The summed E-state index contributed by atoms with van der Waals surface area (Å²) in [6.07, 6.45) is 0. The van der Waals surface area contributed by atoms with Gasteiger partial charge in [-0.05, 0) is 17.4 Å². The Labute approximate surface area is 95.7 Å². The van der Waals surface area contributed by atoms with E-state index in [0.29, 0.717) is 11.5 Å². The summed E-state index contributed by atoms with van der Waals surface area (Å²) < 4.78 is 10.9. The van der Waals surface area contributed by atoms with Gasteiger partial charge in [0.25, 0.3) is 0 Å². The van der Waals surface area contributed by atoms with Crippen LogP contribution in [0.3, 0.4) is 0 Å². The first-order valence-electron chi connectivity index (χ1n) is 3.81. The molecule has 0 fully saturated rings. The molecular formula is C8H6B3BrO2. The summed E-state index contributed by atoms with van der Waals surface area (Å²) in [5, 5.41) is -1.69. The number of hydrogen-bond donors (Lipinski definition) is 0. The van der Waals surface area contributed by atoms with Gasteiger partial charge in [-0.15, -0.1) is 0 Å². The standard InChI is InChI=1S/C8H6B3BrO2/c1-13-6-2-5(12)3-7(4-6)14-8(9,10)11/h2-4H,1H3. The van der Waals surface area contributed by atoms with E-state index < -0.39 is 5.30 Å². The van der Waals surface area contributed by atoms with E-state index in [1.807, 2.05) is 0 Å². The Morgan fingerprint density at radius 2 is 1.71 bits per heavy atom. The molecule has 66 valence electrons. The molecule has 0 amide bonds. The van der Waals surface area contributed by atoms with Crippen molar-refractivity contribution in [3.63, 3.8) is 0 Å². The van der Waals surface area contributed by atoms with Gasteiger partial charge >= 0.3 is 0 Å². The number of halogens is 1. The lowest BCUT2D eigenvalue weighted by molar-refractivity contribution is 0.315. The molecule has 0 heterocycles. The van der Waals surface area contributed by atoms with E-state index in [1.165, 1.54) is 0 Å². The highest BCUT2D eigenvalue weighted by molar-refractivity contribution is 9.10. The minimum Gasteiger partial charge on any atom is -0.516 e. The summed E-state index contributed by atoms with van der Waals surface area (Å²) in [4.78, 5) is 0. The lowest BCUT2D eigenvalue weighted by Crippen LogP contribution is -2.37. The highest BCUT2D eigenvalue weighted by Crippen LogP contribution is 2.27. The minimum absolute atomic E-state index is 0.434. The van der Waals surface area contributed by atoms with Crippen LogP contribution in [0.4, 0.5) is 0 Å². The van der Waals surface area contributed by atoms with E-state index in [1.54, 1.807) is 25.3 Å². The van der Waals surface area contributed by atoms with Crippen LogP contribution in [0.15, 0.2) is 22.7 Å². The van der Waals surface area contributed by atoms with Gasteiger partial charge in [0.2, 0.25) is 0 Å². The Kier molecular flexibility index (Phi) is 3.59. The Morgan fingerprint density at radius 3 is 2.21 bits per heavy atom. The van der Waals surface area contributed by atoms with Gasteiger partial charge in [0.05, 0.1) is 7.11 Å². The fourth-order valence-electron chi connectivity index (χ4n) is 0.918. The van der Waals surface area contributed by atoms with Crippen molar-refractivity contribution < 1.29 is 9.47 Å². The van der Waals surface area contributed by atoms with E-state index in [0.717, 1.165) is 4.47 Å². The van der Waals surface area contributed by atoms with Crippen molar-refractivity contribution >= 4 is 39.5 Å². The van der Waals surface area contributed by atoms with Gasteiger partial charge < -0.3 is 9.47 Å². The average Bonchev–Trinajstić information content (AvgIpc) is 1.99. The number of benzene rings is 1. The van der Waals surface area contributed by atoms with Gasteiger partial charge in [-0.3, -0.25) is 0 Å². The predicted octanol–water partition coefficient (Wildman–Crippen LogP) is 0.953. The summed E-state index contributed by atoms with van der Waals surface area (Å²) in [5.41, 5.74) is 0. The average molecular weight is 246 g/mol. The van der Waals surface area contributed by atoms with Gasteiger partial charge in [0.1, 0.15) is 35.0 Å². The van der Waals surface area contributed by atoms with Crippen molar-refractivity contribution in [2.75, 3.05) is 7.11 Å². The fourth-order valence-corrected chi connectivity index (χ4v) is 1.37. The van der Waals surface area contributed by atoms with Crippen LogP contribution in [-0.4, -0.2) is 35.9 Å². The van der Waals surface area contributed by atoms with E-state index in [9.17, 15) is 0 Å². The maximum absolute atomic E-state index is 5.29. The van der Waals surface area contributed by atoms with Crippen molar-refractivity contribution in [1.82, 2.24) is 0 Å². The predicted molar refractivity (Wildman–Crippen MR) is 61.3 cm³/mol. The van der Waals surface area contributed by atoms with Crippen LogP contribution in [0, 0.1) is 0 Å². The zero-order chi connectivity index (χ0) is 10.8. The number of methoxy groups -OCH3 is 1. The summed E-state index contributed by atoms with van der Waals surface area (Å²) >= 11 is 3.28. The molecule has 0 aliphatic carbocycles. The summed E-state index contributed by atoms with van der Waals surface area (Å²) in [6.45, 7) is 0. The minimum atomic E-state index is -1.69. The number of rotatable bonds is 3. The molecular weight excluding hydrogens is 240 g/mol. The first kappa shape index (κ1) is 11.6. The van der Waals surface area contributed by atoms with Crippen molar-refractivity contribution in [3.05, 3.63) is 22.7 Å². The van der Waals surface area contributed by atoms with Crippen molar-refractivity contribution in [2.24, 2.45) is 0 Å². The summed E-state index contributed by atoms with van der Waals surface area (Å²) in [5.74, 6) is 1.06. The number of hydrogen-bond acceptors (Lipinski definition) is 2. The highest BCUT2D eigenvalue weighted by Gasteiger charge is 2.11. The molecule has 2 nitrogen and oxygen atoms in total. The third kappa shape index (κ3) is 3.70. The molecule has 0 atom stereocenters. The molecule has 0 aromatic heterocycles. The van der Waals surface area contributed by atoms with E-state index >= 15 is 0 Å². The highest BCUT2D eigenvalue weighted by atomic mass is 79.9. The van der Waals surface area contributed by atoms with Crippen molar-refractivity contribution in [3.8, 4) is 11.5 Å². The quantitative estimate of drug-likeness (QED) is 0.740. The first-order chi connectivity index (χ1) is 6.40. The number of ether oxygens (including phenoxy) is 2. The third-order valence-electron chi connectivity index (χ3n) is 1.38. The molecule has 0 aliphatic heterocycles. The first-order valence-corrected chi connectivity index (χ1v) is 4.60. The summed E-state index contributed by atoms with van der Waals surface area (Å²) in [7, 11) is 17.4. The Morgan fingerprint density at radius 1 is 1.14 bits per heavy atom. The second-order valence-corrected chi connectivity index (χ2v) is 3.70. The SMILES string of the molecule is [B]C([B])([B])Oc1cc(Br)cc(OC)c1. The molecule has 6 heteroatoms. The van der Waals surface area contributed by atoms with Crippen LogP contribution in [0.1, 0.15) is 0 Å². The Bertz CT molecular complexity index is 325. The maximum Gasteiger partial charge on any atom is 0.123 e. The normalized spacial score (nSPS) is 11.0. The smallest absolute Gasteiger partial charge is 0.123 e. The largest absolute Gasteiger partial charge is 0.516 e. The van der Waals surface area contributed by atoms with E-state index in [2.05, 4.69) is 15.9 Å². The molecule has 0 N–H and O–H groups in total. The molecule has 6 radical (unpaired) electrons. The Hall–Kier alpha value is -0.505. The van der Waals surface area contributed by atoms with Crippen LogP contribution < -0.4 is 9.47 Å². The second-order valence-electron chi connectivity index (χ2n) is 2.78. The van der Waals surface area contributed by atoms with Gasteiger partial charge in [0.15, 0.2) is 0 Å². The molecule has 0 bridgehead atoms. The molecule has 1 aromatic rings. The lowest BCUT2D eigenvalue weighted by atomic mass is 9.52. The van der Waals surface area contributed by atoms with Gasteiger partial charge in [0, 0.05) is 10.5 Å². The molecule has 1 aromatic carbocycles. The molecule has 0 spiro atoms. The molecule has 14 heavy (non-hydrogen) atoms. The molecule has 0 aliphatic rings. The maximum atomic E-state index is 5.29. The zero-order valence-electron chi connectivity index (χ0n) is 7.66. The second kappa shape index (κ2) is 4.34. The van der Waals surface area contributed by atoms with Crippen LogP contribution in [0.5, 0.6) is 11.5 Å². The molecule has 0 unspecified atom stereocenters. The third-order valence-corrected chi connectivity index (χ3v) is 1.83. The van der Waals surface area contributed by atoms with Crippen molar-refractivity contribution in [2.45, 2.75) is 5.30 Å². The van der Waals surface area contributed by atoms with Crippen LogP contribution >= 0.6 is 15.9 Å². The van der Waals surface area contributed by atoms with Crippen molar-refractivity contribution in [1.29, 1.82) is 0 Å². The van der Waals surface area contributed by atoms with E-state index in [4.69, 9.17) is 33.0 Å². The molecule has 1 rings (SSSR count).